The summed E-state index contributed by atoms with van der Waals surface area (Å²) in [6.45, 7) is 0.294. The highest BCUT2D eigenvalue weighted by molar-refractivity contribution is 5.64. The molecular weight excluding hydrogens is 254 g/mol. The van der Waals surface area contributed by atoms with Gasteiger partial charge in [-0.05, 0) is 25.0 Å². The normalized spacial score (nSPS) is 11.8. The Morgan fingerprint density at radius 1 is 1.37 bits per heavy atom. The van der Waals surface area contributed by atoms with E-state index >= 15 is 0 Å². The molecular formula is C12H14NO6-. The molecule has 7 nitrogen and oxygen atoms in total. The molecule has 0 aromatic heterocycles. The average molecular weight is 268 g/mol. The molecule has 1 aromatic rings. The Labute approximate surface area is 109 Å². The maximum atomic E-state index is 10.4. The molecule has 19 heavy (non-hydrogen) atoms. The van der Waals surface area contributed by atoms with Crippen molar-refractivity contribution in [2.75, 3.05) is 6.61 Å². The number of hydrogen-bond donors (Lipinski definition) is 1. The number of hydrogen-bond acceptors (Lipinski definition) is 6. The van der Waals surface area contributed by atoms with E-state index in [2.05, 4.69) is 0 Å². The van der Waals surface area contributed by atoms with E-state index in [4.69, 9.17) is 4.74 Å². The number of carboxylic acids is 1. The van der Waals surface area contributed by atoms with Crippen LogP contribution in [0.1, 0.15) is 19.3 Å². The number of non-ortho nitro benzene ring substituents is 1. The van der Waals surface area contributed by atoms with Crippen molar-refractivity contribution in [2.45, 2.75) is 25.4 Å². The van der Waals surface area contributed by atoms with Gasteiger partial charge in [0, 0.05) is 24.5 Å². The van der Waals surface area contributed by atoms with E-state index in [9.17, 15) is 25.1 Å². The Kier molecular flexibility index (Phi) is 5.74. The number of aliphatic hydroxyl groups excluding tert-OH is 1. The second-order valence-electron chi connectivity index (χ2n) is 3.97. The molecule has 0 saturated heterocycles. The van der Waals surface area contributed by atoms with Gasteiger partial charge in [0.05, 0.1) is 17.6 Å². The number of nitro groups is 1. The topological polar surface area (TPSA) is 113 Å². The molecule has 0 aliphatic heterocycles. The monoisotopic (exact) mass is 268 g/mol. The van der Waals surface area contributed by atoms with Gasteiger partial charge in [-0.25, -0.2) is 0 Å². The van der Waals surface area contributed by atoms with Gasteiger partial charge in [0.15, 0.2) is 0 Å². The summed E-state index contributed by atoms with van der Waals surface area (Å²) >= 11 is 0. The summed E-state index contributed by atoms with van der Waals surface area (Å²) in [5, 5.41) is 29.9. The molecule has 1 N–H and O–H groups in total. The van der Waals surface area contributed by atoms with Crippen molar-refractivity contribution < 1.29 is 24.7 Å². The maximum Gasteiger partial charge on any atom is 0.269 e. The molecule has 1 rings (SSSR count). The van der Waals surface area contributed by atoms with Crippen LogP contribution in [0.15, 0.2) is 24.3 Å². The molecule has 0 aliphatic rings. The van der Waals surface area contributed by atoms with Crippen LogP contribution < -0.4 is 9.84 Å². The van der Waals surface area contributed by atoms with E-state index < -0.39 is 23.4 Å². The third-order valence-corrected chi connectivity index (χ3v) is 2.40. The standard InChI is InChI=1S/C12H15NO6/c14-10(8-12(15)16)2-1-7-19-11-5-3-9(4-6-11)13(17)18/h3-6,10,14H,1-2,7-8H2,(H,15,16)/p-1. The van der Waals surface area contributed by atoms with Crippen molar-refractivity contribution in [3.05, 3.63) is 34.4 Å². The van der Waals surface area contributed by atoms with Crippen LogP contribution in [0.2, 0.25) is 0 Å². The lowest BCUT2D eigenvalue weighted by Crippen LogP contribution is -2.27. The van der Waals surface area contributed by atoms with Crippen molar-refractivity contribution in [1.82, 2.24) is 0 Å². The molecule has 7 heteroatoms. The fourth-order valence-electron chi connectivity index (χ4n) is 1.47. The Hall–Kier alpha value is -2.15. The molecule has 0 heterocycles. The lowest BCUT2D eigenvalue weighted by atomic mass is 10.1. The number of rotatable bonds is 8. The minimum absolute atomic E-state index is 0.0169. The number of ether oxygens (including phenoxy) is 1. The fourth-order valence-corrected chi connectivity index (χ4v) is 1.47. The number of nitro benzene ring substituents is 1. The third kappa shape index (κ3) is 5.82. The second kappa shape index (κ2) is 7.32. The fraction of sp³-hybridized carbons (Fsp3) is 0.417. The highest BCUT2D eigenvalue weighted by Crippen LogP contribution is 2.17. The van der Waals surface area contributed by atoms with E-state index in [-0.39, 0.29) is 5.69 Å². The summed E-state index contributed by atoms with van der Waals surface area (Å²) < 4.78 is 5.30. The minimum atomic E-state index is -1.29. The van der Waals surface area contributed by atoms with Gasteiger partial charge in [0.2, 0.25) is 0 Å². The lowest BCUT2D eigenvalue weighted by Gasteiger charge is -2.11. The van der Waals surface area contributed by atoms with E-state index in [1.807, 2.05) is 0 Å². The SMILES string of the molecule is O=C([O-])CC(O)CCCOc1ccc([N+](=O)[O-])cc1. The lowest BCUT2D eigenvalue weighted by molar-refractivity contribution is -0.384. The first kappa shape index (κ1) is 14.9. The van der Waals surface area contributed by atoms with Crippen molar-refractivity contribution in [2.24, 2.45) is 0 Å². The highest BCUT2D eigenvalue weighted by Gasteiger charge is 2.06. The summed E-state index contributed by atoms with van der Waals surface area (Å²) in [6, 6.07) is 5.63. The smallest absolute Gasteiger partial charge is 0.269 e. The Morgan fingerprint density at radius 3 is 2.53 bits per heavy atom. The molecule has 0 radical (unpaired) electrons. The van der Waals surface area contributed by atoms with Crippen molar-refractivity contribution in [3.8, 4) is 5.75 Å². The molecule has 104 valence electrons. The molecule has 0 bridgehead atoms. The van der Waals surface area contributed by atoms with E-state index in [1.165, 1.54) is 24.3 Å². The van der Waals surface area contributed by atoms with Gasteiger partial charge < -0.3 is 19.7 Å². The maximum absolute atomic E-state index is 10.4. The zero-order chi connectivity index (χ0) is 14.3. The van der Waals surface area contributed by atoms with Crippen LogP contribution in [-0.4, -0.2) is 28.7 Å². The van der Waals surface area contributed by atoms with Crippen LogP contribution in [-0.2, 0) is 4.79 Å². The Balaban J connectivity index is 2.26. The van der Waals surface area contributed by atoms with Gasteiger partial charge in [-0.2, -0.15) is 0 Å². The largest absolute Gasteiger partial charge is 0.550 e. The number of carbonyl (C=O) groups excluding carboxylic acids is 1. The first-order valence-electron chi connectivity index (χ1n) is 5.74. The van der Waals surface area contributed by atoms with Crippen LogP contribution in [0.5, 0.6) is 5.75 Å². The van der Waals surface area contributed by atoms with E-state index in [0.29, 0.717) is 25.2 Å². The van der Waals surface area contributed by atoms with Crippen molar-refractivity contribution in [3.63, 3.8) is 0 Å². The Morgan fingerprint density at radius 2 is 2.00 bits per heavy atom. The van der Waals surface area contributed by atoms with Gasteiger partial charge in [-0.15, -0.1) is 0 Å². The summed E-state index contributed by atoms with van der Waals surface area (Å²) in [4.78, 5) is 20.1. The van der Waals surface area contributed by atoms with Crippen LogP contribution in [0.3, 0.4) is 0 Å². The molecule has 0 fully saturated rings. The molecule has 0 amide bonds. The predicted octanol–water partition coefficient (Wildman–Crippen LogP) is 0.255. The summed E-state index contributed by atoms with van der Waals surface area (Å²) in [7, 11) is 0. The van der Waals surface area contributed by atoms with E-state index in [0.717, 1.165) is 0 Å². The third-order valence-electron chi connectivity index (χ3n) is 2.40. The Bertz CT molecular complexity index is 430. The average Bonchev–Trinajstić information content (AvgIpc) is 2.34. The summed E-state index contributed by atoms with van der Waals surface area (Å²) in [6.07, 6.45) is -0.560. The number of aliphatic hydroxyl groups is 1. The van der Waals surface area contributed by atoms with Crippen LogP contribution in [0.25, 0.3) is 0 Å². The predicted molar refractivity (Wildman–Crippen MR) is 63.5 cm³/mol. The molecule has 1 unspecified atom stereocenters. The first-order valence-corrected chi connectivity index (χ1v) is 5.74. The zero-order valence-corrected chi connectivity index (χ0v) is 10.2. The molecule has 1 aromatic carbocycles. The quantitative estimate of drug-likeness (QED) is 0.411. The molecule has 0 saturated carbocycles. The van der Waals surface area contributed by atoms with Gasteiger partial charge in [-0.1, -0.05) is 0 Å². The van der Waals surface area contributed by atoms with Crippen LogP contribution in [0.4, 0.5) is 5.69 Å². The highest BCUT2D eigenvalue weighted by atomic mass is 16.6. The van der Waals surface area contributed by atoms with Gasteiger partial charge >= 0.3 is 0 Å². The number of carbonyl (C=O) groups is 1. The molecule has 0 aliphatic carbocycles. The van der Waals surface area contributed by atoms with E-state index in [1.54, 1.807) is 0 Å². The molecule has 0 spiro atoms. The van der Waals surface area contributed by atoms with Gasteiger partial charge in [0.1, 0.15) is 5.75 Å². The number of nitrogens with zero attached hydrogens (tertiary/aromatic N) is 1. The van der Waals surface area contributed by atoms with Gasteiger partial charge in [0.25, 0.3) is 5.69 Å². The molecule has 1 atom stereocenters. The van der Waals surface area contributed by atoms with Crippen molar-refractivity contribution >= 4 is 11.7 Å². The zero-order valence-electron chi connectivity index (χ0n) is 10.2. The first-order chi connectivity index (χ1) is 8.99. The number of aliphatic carboxylic acids is 1. The van der Waals surface area contributed by atoms with Crippen molar-refractivity contribution in [1.29, 1.82) is 0 Å². The second-order valence-corrected chi connectivity index (χ2v) is 3.97. The summed E-state index contributed by atoms with van der Waals surface area (Å²) in [5.74, 6) is -0.802. The summed E-state index contributed by atoms with van der Waals surface area (Å²) in [5.41, 5.74) is -0.0169. The minimum Gasteiger partial charge on any atom is -0.550 e. The number of benzene rings is 1. The number of carboxylic acid groups (broad SMARTS) is 1. The van der Waals surface area contributed by atoms with Crippen LogP contribution >= 0.6 is 0 Å². The van der Waals surface area contributed by atoms with Gasteiger partial charge in [-0.3, -0.25) is 10.1 Å². The van der Waals surface area contributed by atoms with Crippen LogP contribution in [0, 0.1) is 10.1 Å².